The van der Waals surface area contributed by atoms with Crippen LogP contribution in [0.15, 0.2) is 48.7 Å². The number of hydrogen-bond donors (Lipinski definition) is 13. The van der Waals surface area contributed by atoms with Crippen molar-refractivity contribution in [1.29, 1.82) is 0 Å². The number of amides is 13. The highest BCUT2D eigenvalue weighted by Gasteiger charge is 2.41. The van der Waals surface area contributed by atoms with Gasteiger partial charge < -0.3 is 99.1 Å². The van der Waals surface area contributed by atoms with E-state index in [2.05, 4.69) is 58.2 Å². The second-order valence-electron chi connectivity index (χ2n) is 25.5. The Balaban J connectivity index is 1.42. The molecule has 1 fully saturated rings. The number of hydrogen-bond acceptors (Lipinski definition) is 20. The lowest BCUT2D eigenvalue weighted by molar-refractivity contribution is -0.307. The maximum Gasteiger partial charge on any atom is 0.246 e. The molecule has 2 aromatic carbocycles. The van der Waals surface area contributed by atoms with Gasteiger partial charge in [-0.25, -0.2) is 0 Å². The van der Waals surface area contributed by atoms with Crippen LogP contribution in [-0.2, 0) is 89.8 Å². The Kier molecular flexibility index (Phi) is 32.0. The molecule has 0 radical (unpaired) electrons. The summed E-state index contributed by atoms with van der Waals surface area (Å²) in [4.78, 5) is 210. The number of para-hydroxylation sites is 1. The van der Waals surface area contributed by atoms with Crippen LogP contribution >= 0.6 is 23.5 Å². The topological polar surface area (TPSA) is 503 Å². The number of nitrogens with zero attached hydrogens (tertiary/aromatic N) is 1. The van der Waals surface area contributed by atoms with Gasteiger partial charge in [0.2, 0.25) is 76.8 Å². The molecule has 0 aliphatic carbocycles. The first kappa shape index (κ1) is 80.5. The molecule has 0 unspecified atom stereocenters. The molecule has 552 valence electrons. The molecule has 1 saturated heterocycles. The lowest BCUT2D eigenvalue weighted by Crippen LogP contribution is -2.62. The minimum absolute atomic E-state index is 0.0242. The highest BCUT2D eigenvalue weighted by Crippen LogP contribution is 2.28. The zero-order valence-corrected chi connectivity index (χ0v) is 58.6. The molecule has 10 atom stereocenters. The number of rotatable bonds is 15. The van der Waals surface area contributed by atoms with Gasteiger partial charge in [0.25, 0.3) is 0 Å². The van der Waals surface area contributed by atoms with Gasteiger partial charge in [-0.1, -0.05) is 70.7 Å². The quantitative estimate of drug-likeness (QED) is 0.0721. The zero-order chi connectivity index (χ0) is 73.9. The maximum absolute atomic E-state index is 15.0. The van der Waals surface area contributed by atoms with Crippen LogP contribution < -0.4 is 79.6 Å². The van der Waals surface area contributed by atoms with Crippen molar-refractivity contribution < 1.29 is 86.9 Å². The number of carbonyl (C=O) groups excluding carboxylic acids is 15. The first-order chi connectivity index (χ1) is 48.1. The summed E-state index contributed by atoms with van der Waals surface area (Å²) in [5.41, 5.74) is 13.8. The smallest absolute Gasteiger partial charge is 0.246 e. The van der Waals surface area contributed by atoms with Crippen LogP contribution in [-0.4, -0.2) is 190 Å². The Hall–Kier alpha value is -9.47. The predicted octanol–water partition coefficient (Wildman–Crippen LogP) is -3.01. The van der Waals surface area contributed by atoms with Gasteiger partial charge in [-0.2, -0.15) is 23.5 Å². The molecule has 3 aliphatic heterocycles. The summed E-state index contributed by atoms with van der Waals surface area (Å²) in [6.07, 6.45) is 1.38. The Morgan fingerprint density at radius 3 is 1.89 bits per heavy atom. The van der Waals surface area contributed by atoms with E-state index in [1.807, 2.05) is 6.07 Å². The summed E-state index contributed by atoms with van der Waals surface area (Å²) in [7, 11) is 0. The number of carbonyl (C=O) groups is 15. The van der Waals surface area contributed by atoms with Crippen LogP contribution in [0.5, 0.6) is 5.75 Å². The number of nitrogens with two attached hydrogens (primary N) is 2. The molecule has 6 rings (SSSR count). The van der Waals surface area contributed by atoms with E-state index in [4.69, 9.17) is 16.2 Å². The number of aromatic nitrogens is 1. The van der Waals surface area contributed by atoms with Crippen LogP contribution in [0.25, 0.3) is 10.9 Å². The third-order valence-corrected chi connectivity index (χ3v) is 19.3. The fraction of sp³-hybridized carbons (Fsp3) is 0.567. The van der Waals surface area contributed by atoms with Gasteiger partial charge in [-0.15, -0.1) is 0 Å². The number of fused-ring (bicyclic) bond motifs is 7. The lowest BCUT2D eigenvalue weighted by Gasteiger charge is -2.31. The van der Waals surface area contributed by atoms with Gasteiger partial charge in [0.1, 0.15) is 66.2 Å². The Bertz CT molecular complexity index is 3500. The van der Waals surface area contributed by atoms with Crippen molar-refractivity contribution in [3.8, 4) is 5.75 Å². The number of unbranched alkanes of at least 4 members (excludes halogenated alkanes) is 1. The number of aliphatic carboxylic acids is 2. The fourth-order valence-corrected chi connectivity index (χ4v) is 13.6. The normalized spacial score (nSPS) is 24.8. The first-order valence-electron chi connectivity index (χ1n) is 33.8. The minimum atomic E-state index is -1.96. The molecule has 0 spiro atoms. The van der Waals surface area contributed by atoms with E-state index in [-0.39, 0.29) is 67.8 Å². The molecule has 3 aromatic rings. The monoisotopic (exact) mass is 1440 g/mol. The molecule has 34 heteroatoms. The van der Waals surface area contributed by atoms with Gasteiger partial charge >= 0.3 is 0 Å². The lowest BCUT2D eigenvalue weighted by atomic mass is 9.99. The summed E-state index contributed by atoms with van der Waals surface area (Å²) >= 11 is 2.37. The molecule has 4 heterocycles. The van der Waals surface area contributed by atoms with E-state index in [0.717, 1.165) is 11.8 Å². The Labute approximate surface area is 592 Å². The number of aromatic amines is 1. The fourth-order valence-electron chi connectivity index (χ4n) is 11.6. The zero-order valence-electron chi connectivity index (χ0n) is 57.0. The van der Waals surface area contributed by atoms with Gasteiger partial charge in [-0.3, -0.25) is 62.3 Å². The number of benzene rings is 2. The molecule has 4 bridgehead atoms. The van der Waals surface area contributed by atoms with Crippen LogP contribution in [0.4, 0.5) is 0 Å². The van der Waals surface area contributed by atoms with Crippen molar-refractivity contribution in [3.05, 3.63) is 65.4 Å². The van der Waals surface area contributed by atoms with E-state index in [1.54, 1.807) is 49.5 Å². The average Bonchev–Trinajstić information content (AvgIpc) is 1.75. The van der Waals surface area contributed by atoms with Crippen molar-refractivity contribution in [2.75, 3.05) is 31.2 Å². The number of primary amides is 2. The molecular formula is C67H92N14O18S2-2. The first-order valence-corrected chi connectivity index (χ1v) is 36.1. The van der Waals surface area contributed by atoms with Crippen molar-refractivity contribution in [2.45, 2.75) is 202 Å². The van der Waals surface area contributed by atoms with Gasteiger partial charge in [0.15, 0.2) is 0 Å². The summed E-state index contributed by atoms with van der Waals surface area (Å²) in [5, 5.41) is 50.3. The molecule has 101 heavy (non-hydrogen) atoms. The number of thioether (sulfide) groups is 2. The Morgan fingerprint density at radius 2 is 1.24 bits per heavy atom. The predicted molar refractivity (Wildman–Crippen MR) is 366 cm³/mol. The molecule has 13 amide bonds. The van der Waals surface area contributed by atoms with E-state index in [0.29, 0.717) is 78.3 Å². The summed E-state index contributed by atoms with van der Waals surface area (Å²) < 4.78 is 6.24. The van der Waals surface area contributed by atoms with E-state index in [9.17, 15) is 82.1 Å². The third-order valence-electron chi connectivity index (χ3n) is 17.1. The molecule has 3 aliphatic rings. The highest BCUT2D eigenvalue weighted by molar-refractivity contribution is 7.98. The minimum Gasteiger partial charge on any atom is -0.550 e. The molecular weight excluding hydrogens is 1350 g/mol. The molecule has 15 N–H and O–H groups in total. The third kappa shape index (κ3) is 25.9. The second-order valence-corrected chi connectivity index (χ2v) is 27.6. The number of carboxylic acid groups (broad SMARTS) is 2. The van der Waals surface area contributed by atoms with Gasteiger partial charge in [0, 0.05) is 84.3 Å². The van der Waals surface area contributed by atoms with Crippen molar-refractivity contribution >= 4 is 123 Å². The van der Waals surface area contributed by atoms with Gasteiger partial charge in [0.05, 0.1) is 13.2 Å². The van der Waals surface area contributed by atoms with E-state index < -0.39 is 188 Å². The van der Waals surface area contributed by atoms with Crippen LogP contribution in [0, 0.1) is 5.92 Å². The van der Waals surface area contributed by atoms with Crippen molar-refractivity contribution in [2.24, 2.45) is 17.4 Å². The largest absolute Gasteiger partial charge is 0.550 e. The molecule has 1 aromatic heterocycles. The number of H-pyrrole nitrogens is 1. The van der Waals surface area contributed by atoms with Gasteiger partial charge in [-0.05, 0) is 99.1 Å². The van der Waals surface area contributed by atoms with E-state index in [1.165, 1.54) is 37.4 Å². The average molecular weight is 1450 g/mol. The summed E-state index contributed by atoms with van der Waals surface area (Å²) in [5.74, 6) is -15.6. The van der Waals surface area contributed by atoms with Crippen molar-refractivity contribution in [3.63, 3.8) is 0 Å². The number of carboxylic acids is 2. The molecule has 32 nitrogen and oxygen atoms in total. The Morgan fingerprint density at radius 1 is 0.634 bits per heavy atom. The number of nitrogens with one attached hydrogen (secondary N) is 11. The SMILES string of the molecule is CCCC[C@@H]1NC(=O)[C@@H]2CCCN2C(=O)[C@@H]2CSCc3cc(cc(c3)OCCCCCCC(=O)NCC(=O)N[C@@H](C)C(=O)N2)CSC[C@@H](C(N)=O)NC(=O)[C@H](CCC(=O)[O-])NC(=O)[C@H](CCC(N)=O)NC(=O)[C@H](Cc2c[nH]c3ccccc23)NC(=O)[C@H](C(C)C)NC(=O)[C@H](CC(=O)[O-])NC1=O. The van der Waals surface area contributed by atoms with Crippen molar-refractivity contribution in [1.82, 2.24) is 63.1 Å². The number of ether oxygens (including phenoxy) is 1. The summed E-state index contributed by atoms with van der Waals surface area (Å²) in [6, 6.07) is -3.12. The van der Waals surface area contributed by atoms with Crippen LogP contribution in [0.2, 0.25) is 0 Å². The van der Waals surface area contributed by atoms with Crippen LogP contribution in [0.1, 0.15) is 141 Å². The standard InChI is InChI=1S/C67H94N14O18S2/c1-5-6-15-44-60(91)76-48(29-56(87)88)64(95)80-57(36(2)3)66(97)77-47(28-40-30-70-43-16-11-10-14-42(40)43)63(94)74-45(19-21-52(68)82)61(92)73-46(20-22-55(85)86)62(93)78-49(58(69)89)34-100-32-38-25-39-27-41(26-38)99-24-12-8-7-9-18-53(83)71-31-54(84)72-37(4)59(90)79-50(35-101-33-39)67(98)81-23-13-17-51(81)65(96)75-44/h10-11,14,16,25-27,30,36-37,44-51,57,70H,5-9,12-13,15,17-24,28-29,31-35H2,1-4H3,(H2,68,82)(H2,69,89)(H,71,83)(H,72,84)(H,73,92)(H,74,94)(H,75,96)(H,76,91)(H,77,97)(H,78,93)(H,79,90)(H,80,95)(H,85,86)(H,87,88)/p-2/t37-,44-,45-,46-,47-,48-,49-,50-,51-,57-/m0/s1. The maximum atomic E-state index is 15.0. The molecule has 0 saturated carbocycles. The van der Waals surface area contributed by atoms with Crippen LogP contribution in [0.3, 0.4) is 0 Å². The summed E-state index contributed by atoms with van der Waals surface area (Å²) in [6.45, 7) is 6.06. The highest BCUT2D eigenvalue weighted by atomic mass is 32.2. The van der Waals surface area contributed by atoms with E-state index >= 15 is 0 Å². The second kappa shape index (κ2) is 40.1.